The highest BCUT2D eigenvalue weighted by atomic mass is 16.2. The van der Waals surface area contributed by atoms with E-state index in [9.17, 15) is 9.59 Å². The second-order valence-electron chi connectivity index (χ2n) is 9.07. The number of carbonyl (C=O) groups excluding carboxylic acids is 2. The third-order valence-electron chi connectivity index (χ3n) is 6.16. The summed E-state index contributed by atoms with van der Waals surface area (Å²) in [6.45, 7) is 12.5. The Morgan fingerprint density at radius 3 is 2.07 bits per heavy atom. The number of nitrogens with zero attached hydrogens (tertiary/aromatic N) is 1. The molecule has 2 fully saturated rings. The number of hydrogen-bond acceptors (Lipinski definition) is 2. The standard InChI is InChI=1S/C23H34N2O2/c1-14(2)17-7-6-8-18(15(3)4)21(17)24-22(26)19-13-20(19)23(27)25-11-9-16(5)10-12-25/h6-8,14-16,19-20H,9-13H2,1-5H3,(H,24,26). The van der Waals surface area contributed by atoms with Crippen molar-refractivity contribution in [2.24, 2.45) is 17.8 Å². The van der Waals surface area contributed by atoms with E-state index in [1.54, 1.807) is 0 Å². The first-order valence-corrected chi connectivity index (χ1v) is 10.5. The van der Waals surface area contributed by atoms with E-state index in [1.165, 1.54) is 11.1 Å². The quantitative estimate of drug-likeness (QED) is 0.812. The number of benzene rings is 1. The molecule has 2 atom stereocenters. The van der Waals surface area contributed by atoms with Gasteiger partial charge in [-0.3, -0.25) is 9.59 Å². The van der Waals surface area contributed by atoms with Crippen LogP contribution in [0.5, 0.6) is 0 Å². The maximum atomic E-state index is 12.9. The van der Waals surface area contributed by atoms with Crippen LogP contribution in [0.1, 0.15) is 76.8 Å². The minimum atomic E-state index is -0.169. The van der Waals surface area contributed by atoms with Gasteiger partial charge in [-0.15, -0.1) is 0 Å². The topological polar surface area (TPSA) is 49.4 Å². The van der Waals surface area contributed by atoms with Crippen molar-refractivity contribution in [3.05, 3.63) is 29.3 Å². The third kappa shape index (κ3) is 4.36. The van der Waals surface area contributed by atoms with E-state index in [0.29, 0.717) is 24.2 Å². The number of rotatable bonds is 5. The van der Waals surface area contributed by atoms with Gasteiger partial charge in [0, 0.05) is 18.8 Å². The lowest BCUT2D eigenvalue weighted by atomic mass is 9.92. The van der Waals surface area contributed by atoms with Crippen molar-refractivity contribution in [1.29, 1.82) is 0 Å². The third-order valence-corrected chi connectivity index (χ3v) is 6.16. The number of carbonyl (C=O) groups is 2. The molecule has 0 spiro atoms. The van der Waals surface area contributed by atoms with Crippen molar-refractivity contribution < 1.29 is 9.59 Å². The highest BCUT2D eigenvalue weighted by Gasteiger charge is 2.49. The van der Waals surface area contributed by atoms with Crippen LogP contribution in [-0.4, -0.2) is 29.8 Å². The van der Waals surface area contributed by atoms with Crippen molar-refractivity contribution in [3.63, 3.8) is 0 Å². The second kappa shape index (κ2) is 8.04. The van der Waals surface area contributed by atoms with Crippen LogP contribution < -0.4 is 5.32 Å². The van der Waals surface area contributed by atoms with Crippen LogP contribution >= 0.6 is 0 Å². The molecule has 1 aliphatic carbocycles. The average molecular weight is 371 g/mol. The summed E-state index contributed by atoms with van der Waals surface area (Å²) < 4.78 is 0. The van der Waals surface area contributed by atoms with Crippen LogP contribution in [0.3, 0.4) is 0 Å². The van der Waals surface area contributed by atoms with Gasteiger partial charge in [-0.1, -0.05) is 52.8 Å². The molecule has 27 heavy (non-hydrogen) atoms. The van der Waals surface area contributed by atoms with E-state index >= 15 is 0 Å². The van der Waals surface area contributed by atoms with Gasteiger partial charge in [0.05, 0.1) is 11.8 Å². The lowest BCUT2D eigenvalue weighted by Gasteiger charge is -2.30. The molecule has 148 valence electrons. The lowest BCUT2D eigenvalue weighted by molar-refractivity contribution is -0.135. The number of para-hydroxylation sites is 1. The molecule has 1 saturated heterocycles. The van der Waals surface area contributed by atoms with Gasteiger partial charge < -0.3 is 10.2 Å². The molecule has 1 aromatic rings. The normalized spacial score (nSPS) is 23.0. The lowest BCUT2D eigenvalue weighted by Crippen LogP contribution is -2.39. The summed E-state index contributed by atoms with van der Waals surface area (Å²) in [7, 11) is 0. The first kappa shape index (κ1) is 19.9. The fourth-order valence-electron chi connectivity index (χ4n) is 4.13. The Kier molecular flexibility index (Phi) is 5.92. The summed E-state index contributed by atoms with van der Waals surface area (Å²) in [4.78, 5) is 27.6. The number of nitrogens with one attached hydrogen (secondary N) is 1. The van der Waals surface area contributed by atoms with Gasteiger partial charge in [-0.05, 0) is 48.1 Å². The zero-order chi connectivity index (χ0) is 19.7. The van der Waals surface area contributed by atoms with Gasteiger partial charge in [0.2, 0.25) is 11.8 Å². The van der Waals surface area contributed by atoms with Crippen molar-refractivity contribution in [1.82, 2.24) is 4.90 Å². The molecule has 2 unspecified atom stereocenters. The fourth-order valence-corrected chi connectivity index (χ4v) is 4.13. The number of anilines is 1. The van der Waals surface area contributed by atoms with Gasteiger partial charge in [0.1, 0.15) is 0 Å². The van der Waals surface area contributed by atoms with Gasteiger partial charge >= 0.3 is 0 Å². The van der Waals surface area contributed by atoms with Crippen LogP contribution in [0.15, 0.2) is 18.2 Å². The maximum Gasteiger partial charge on any atom is 0.228 e. The van der Waals surface area contributed by atoms with E-state index in [-0.39, 0.29) is 23.7 Å². The van der Waals surface area contributed by atoms with Gasteiger partial charge in [-0.2, -0.15) is 0 Å². The Balaban J connectivity index is 1.68. The van der Waals surface area contributed by atoms with E-state index in [4.69, 9.17) is 0 Å². The predicted molar refractivity (Wildman–Crippen MR) is 110 cm³/mol. The molecule has 1 heterocycles. The molecule has 1 aromatic carbocycles. The summed E-state index contributed by atoms with van der Waals surface area (Å²) in [6.07, 6.45) is 2.85. The Morgan fingerprint density at radius 1 is 1.00 bits per heavy atom. The van der Waals surface area contributed by atoms with Crippen molar-refractivity contribution in [2.75, 3.05) is 18.4 Å². The molecule has 0 aromatic heterocycles. The van der Waals surface area contributed by atoms with Crippen LogP contribution in [0.25, 0.3) is 0 Å². The number of likely N-dealkylation sites (tertiary alicyclic amines) is 1. The first-order chi connectivity index (χ1) is 12.8. The summed E-state index contributed by atoms with van der Waals surface area (Å²) in [5.41, 5.74) is 3.29. The molecular formula is C23H34N2O2. The minimum Gasteiger partial charge on any atom is -0.342 e. The molecule has 2 amide bonds. The van der Waals surface area contributed by atoms with Gasteiger partial charge in [0.25, 0.3) is 0 Å². The Bertz CT molecular complexity index is 676. The molecule has 2 aliphatic rings. The van der Waals surface area contributed by atoms with Crippen molar-refractivity contribution >= 4 is 17.5 Å². The molecule has 4 heteroatoms. The van der Waals surface area contributed by atoms with Crippen molar-refractivity contribution in [3.8, 4) is 0 Å². The monoisotopic (exact) mass is 370 g/mol. The van der Waals surface area contributed by atoms with Gasteiger partial charge in [-0.25, -0.2) is 0 Å². The van der Waals surface area contributed by atoms with E-state index in [1.807, 2.05) is 4.90 Å². The average Bonchev–Trinajstić information content (AvgIpc) is 3.42. The molecule has 1 aliphatic heterocycles. The second-order valence-corrected chi connectivity index (χ2v) is 9.07. The maximum absolute atomic E-state index is 12.9. The highest BCUT2D eigenvalue weighted by molar-refractivity contribution is 6.00. The highest BCUT2D eigenvalue weighted by Crippen LogP contribution is 2.42. The summed E-state index contributed by atoms with van der Waals surface area (Å²) in [5.74, 6) is 1.28. The minimum absolute atomic E-state index is 0.00808. The SMILES string of the molecule is CC1CCN(C(=O)C2CC2C(=O)Nc2c(C(C)C)cccc2C(C)C)CC1. The van der Waals surface area contributed by atoms with Crippen molar-refractivity contribution in [2.45, 2.75) is 65.7 Å². The molecular weight excluding hydrogens is 336 g/mol. The summed E-state index contributed by atoms with van der Waals surface area (Å²) in [6, 6.07) is 6.26. The van der Waals surface area contributed by atoms with E-state index < -0.39 is 0 Å². The largest absolute Gasteiger partial charge is 0.342 e. The zero-order valence-electron chi connectivity index (χ0n) is 17.4. The first-order valence-electron chi connectivity index (χ1n) is 10.5. The summed E-state index contributed by atoms with van der Waals surface area (Å²) in [5, 5.41) is 3.19. The molecule has 0 radical (unpaired) electrons. The van der Waals surface area contributed by atoms with E-state index in [0.717, 1.165) is 31.6 Å². The van der Waals surface area contributed by atoms with Crippen LogP contribution in [0.4, 0.5) is 5.69 Å². The molecule has 4 nitrogen and oxygen atoms in total. The van der Waals surface area contributed by atoms with E-state index in [2.05, 4.69) is 58.1 Å². The number of piperidine rings is 1. The van der Waals surface area contributed by atoms with Crippen LogP contribution in [0.2, 0.25) is 0 Å². The number of hydrogen-bond donors (Lipinski definition) is 1. The number of amides is 2. The molecule has 1 N–H and O–H groups in total. The van der Waals surface area contributed by atoms with Gasteiger partial charge in [0.15, 0.2) is 0 Å². The fraction of sp³-hybridized carbons (Fsp3) is 0.652. The predicted octanol–water partition coefficient (Wildman–Crippen LogP) is 4.77. The molecule has 1 saturated carbocycles. The Labute approximate surface area is 163 Å². The molecule has 3 rings (SSSR count). The molecule has 0 bridgehead atoms. The van der Waals surface area contributed by atoms with Crippen LogP contribution in [-0.2, 0) is 9.59 Å². The Hall–Kier alpha value is -1.84. The smallest absolute Gasteiger partial charge is 0.228 e. The Morgan fingerprint density at radius 2 is 1.56 bits per heavy atom. The van der Waals surface area contributed by atoms with Crippen LogP contribution in [0, 0.1) is 17.8 Å². The zero-order valence-corrected chi connectivity index (χ0v) is 17.4. The summed E-state index contributed by atoms with van der Waals surface area (Å²) >= 11 is 0.